The summed E-state index contributed by atoms with van der Waals surface area (Å²) in [6, 6.07) is 7.73. The number of nitrogens with zero attached hydrogens (tertiary/aromatic N) is 2. The van der Waals surface area contributed by atoms with Crippen molar-refractivity contribution in [2.24, 2.45) is 0 Å². The topological polar surface area (TPSA) is 37.8 Å². The third-order valence-electron chi connectivity index (χ3n) is 1.78. The van der Waals surface area contributed by atoms with E-state index in [0.29, 0.717) is 11.0 Å². The molecule has 0 bridgehead atoms. The molecule has 2 aromatic rings. The van der Waals surface area contributed by atoms with Gasteiger partial charge in [-0.3, -0.25) is 0 Å². The Hall–Kier alpha value is -1.13. The third-order valence-corrected chi connectivity index (χ3v) is 2.75. The van der Waals surface area contributed by atoms with Crippen LogP contribution in [0.3, 0.4) is 0 Å². The first-order valence-electron chi connectivity index (χ1n) is 4.25. The Balaban J connectivity index is 2.30. The minimum atomic E-state index is 0.355. The van der Waals surface area contributed by atoms with Crippen molar-refractivity contribution in [3.8, 4) is 0 Å². The van der Waals surface area contributed by atoms with Crippen LogP contribution in [0, 0.1) is 0 Å². The monoisotopic (exact) mass is 283 g/mol. The van der Waals surface area contributed by atoms with Gasteiger partial charge in [-0.1, -0.05) is 23.7 Å². The fourth-order valence-electron chi connectivity index (χ4n) is 1.10. The molecule has 0 aliphatic heterocycles. The van der Waals surface area contributed by atoms with Crippen LogP contribution in [0.1, 0.15) is 0 Å². The molecule has 0 fully saturated rings. The Morgan fingerprint density at radius 2 is 1.87 bits per heavy atom. The summed E-state index contributed by atoms with van der Waals surface area (Å²) in [7, 11) is 0. The van der Waals surface area contributed by atoms with Crippen LogP contribution in [0.5, 0.6) is 0 Å². The van der Waals surface area contributed by atoms with Gasteiger partial charge in [0.1, 0.15) is 0 Å². The number of benzene rings is 1. The molecule has 0 atom stereocenters. The van der Waals surface area contributed by atoms with Crippen LogP contribution < -0.4 is 5.32 Å². The maximum atomic E-state index is 5.88. The quantitative estimate of drug-likeness (QED) is 0.915. The second-order valence-electron chi connectivity index (χ2n) is 2.80. The van der Waals surface area contributed by atoms with Gasteiger partial charge in [0, 0.05) is 16.9 Å². The molecule has 0 amide bonds. The van der Waals surface area contributed by atoms with E-state index in [1.54, 1.807) is 12.4 Å². The SMILES string of the molecule is Clc1nccnc1Nc1ccccc1Br. The van der Waals surface area contributed by atoms with E-state index in [1.165, 1.54) is 0 Å². The minimum absolute atomic E-state index is 0.355. The molecule has 5 heteroatoms. The van der Waals surface area contributed by atoms with Gasteiger partial charge in [-0.05, 0) is 28.1 Å². The lowest BCUT2D eigenvalue weighted by Crippen LogP contribution is -1.95. The summed E-state index contributed by atoms with van der Waals surface area (Å²) >= 11 is 9.30. The van der Waals surface area contributed by atoms with Crippen molar-refractivity contribution < 1.29 is 0 Å². The third kappa shape index (κ3) is 2.46. The van der Waals surface area contributed by atoms with Crippen molar-refractivity contribution in [1.82, 2.24) is 9.97 Å². The average Bonchev–Trinajstić information content (AvgIpc) is 2.24. The molecule has 0 aliphatic rings. The van der Waals surface area contributed by atoms with Crippen molar-refractivity contribution in [3.63, 3.8) is 0 Å². The second-order valence-corrected chi connectivity index (χ2v) is 4.01. The van der Waals surface area contributed by atoms with Gasteiger partial charge in [0.15, 0.2) is 11.0 Å². The van der Waals surface area contributed by atoms with Crippen molar-refractivity contribution >= 4 is 39.0 Å². The summed E-state index contributed by atoms with van der Waals surface area (Å²) in [5, 5.41) is 3.44. The summed E-state index contributed by atoms with van der Waals surface area (Å²) in [5.41, 5.74) is 0.903. The number of halogens is 2. The van der Waals surface area contributed by atoms with Crippen LogP contribution in [-0.2, 0) is 0 Å². The summed E-state index contributed by atoms with van der Waals surface area (Å²) < 4.78 is 0.951. The molecular formula is C10H7BrClN3. The highest BCUT2D eigenvalue weighted by atomic mass is 79.9. The number of nitrogens with one attached hydrogen (secondary N) is 1. The Labute approximate surface area is 101 Å². The van der Waals surface area contributed by atoms with Crippen LogP contribution in [0.4, 0.5) is 11.5 Å². The van der Waals surface area contributed by atoms with Gasteiger partial charge in [0.25, 0.3) is 0 Å². The first kappa shape index (κ1) is 10.4. The molecule has 1 N–H and O–H groups in total. The van der Waals surface area contributed by atoms with E-state index in [1.807, 2.05) is 24.3 Å². The maximum absolute atomic E-state index is 5.88. The number of para-hydroxylation sites is 1. The molecule has 0 aliphatic carbocycles. The summed E-state index contributed by atoms with van der Waals surface area (Å²) in [5.74, 6) is 0.547. The summed E-state index contributed by atoms with van der Waals surface area (Å²) in [6.07, 6.45) is 3.14. The molecule has 76 valence electrons. The Morgan fingerprint density at radius 1 is 1.13 bits per heavy atom. The van der Waals surface area contributed by atoms with E-state index in [0.717, 1.165) is 10.2 Å². The molecule has 1 heterocycles. The van der Waals surface area contributed by atoms with Crippen molar-refractivity contribution in [2.45, 2.75) is 0 Å². The van der Waals surface area contributed by atoms with E-state index >= 15 is 0 Å². The number of rotatable bonds is 2. The molecule has 0 saturated carbocycles. The zero-order valence-electron chi connectivity index (χ0n) is 7.61. The van der Waals surface area contributed by atoms with Crippen LogP contribution in [-0.4, -0.2) is 9.97 Å². The van der Waals surface area contributed by atoms with Gasteiger partial charge < -0.3 is 5.32 Å². The molecule has 2 rings (SSSR count). The fourth-order valence-corrected chi connectivity index (χ4v) is 1.63. The van der Waals surface area contributed by atoms with Gasteiger partial charge >= 0.3 is 0 Å². The Bertz CT molecular complexity index is 432. The lowest BCUT2D eigenvalue weighted by molar-refractivity contribution is 1.20. The molecule has 0 spiro atoms. The summed E-state index contributed by atoms with van der Waals surface area (Å²) in [6.45, 7) is 0. The average molecular weight is 285 g/mol. The zero-order chi connectivity index (χ0) is 10.7. The van der Waals surface area contributed by atoms with Crippen LogP contribution in [0.15, 0.2) is 41.1 Å². The smallest absolute Gasteiger partial charge is 0.171 e. The highest BCUT2D eigenvalue weighted by molar-refractivity contribution is 9.10. The number of aromatic nitrogens is 2. The number of hydrogen-bond acceptors (Lipinski definition) is 3. The van der Waals surface area contributed by atoms with E-state index in [9.17, 15) is 0 Å². The highest BCUT2D eigenvalue weighted by Gasteiger charge is 2.04. The Kier molecular flexibility index (Phi) is 3.18. The highest BCUT2D eigenvalue weighted by Crippen LogP contribution is 2.26. The predicted octanol–water partition coefficient (Wildman–Crippen LogP) is 3.64. The second kappa shape index (κ2) is 4.59. The molecule has 0 unspecified atom stereocenters. The molecular weight excluding hydrogens is 277 g/mol. The van der Waals surface area contributed by atoms with Crippen LogP contribution in [0.25, 0.3) is 0 Å². The van der Waals surface area contributed by atoms with E-state index < -0.39 is 0 Å². The first-order valence-corrected chi connectivity index (χ1v) is 5.42. The largest absolute Gasteiger partial charge is 0.337 e. The van der Waals surface area contributed by atoms with Crippen molar-refractivity contribution in [3.05, 3.63) is 46.3 Å². The molecule has 0 saturated heterocycles. The van der Waals surface area contributed by atoms with Gasteiger partial charge in [-0.2, -0.15) is 0 Å². The number of anilines is 2. The maximum Gasteiger partial charge on any atom is 0.171 e. The molecule has 0 radical (unpaired) electrons. The van der Waals surface area contributed by atoms with E-state index in [4.69, 9.17) is 11.6 Å². The van der Waals surface area contributed by atoms with E-state index in [-0.39, 0.29) is 0 Å². The minimum Gasteiger partial charge on any atom is -0.337 e. The first-order chi connectivity index (χ1) is 7.27. The normalized spacial score (nSPS) is 10.0. The standard InChI is InChI=1S/C10H7BrClN3/c11-7-3-1-2-4-8(7)15-10-9(12)13-5-6-14-10/h1-6H,(H,14,15). The van der Waals surface area contributed by atoms with Gasteiger partial charge in [0.05, 0.1) is 5.69 Å². The van der Waals surface area contributed by atoms with Crippen LogP contribution >= 0.6 is 27.5 Å². The lowest BCUT2D eigenvalue weighted by atomic mass is 10.3. The van der Waals surface area contributed by atoms with Crippen molar-refractivity contribution in [2.75, 3.05) is 5.32 Å². The van der Waals surface area contributed by atoms with E-state index in [2.05, 4.69) is 31.2 Å². The molecule has 15 heavy (non-hydrogen) atoms. The number of hydrogen-bond donors (Lipinski definition) is 1. The Morgan fingerprint density at radius 3 is 2.60 bits per heavy atom. The van der Waals surface area contributed by atoms with Gasteiger partial charge in [-0.15, -0.1) is 0 Å². The molecule has 1 aromatic carbocycles. The summed E-state index contributed by atoms with van der Waals surface area (Å²) in [4.78, 5) is 8.02. The van der Waals surface area contributed by atoms with Crippen molar-refractivity contribution in [1.29, 1.82) is 0 Å². The van der Waals surface area contributed by atoms with Crippen LogP contribution in [0.2, 0.25) is 5.15 Å². The lowest BCUT2D eigenvalue weighted by Gasteiger charge is -2.07. The molecule has 3 nitrogen and oxygen atoms in total. The van der Waals surface area contributed by atoms with Gasteiger partial charge in [0.2, 0.25) is 0 Å². The fraction of sp³-hybridized carbons (Fsp3) is 0. The van der Waals surface area contributed by atoms with Gasteiger partial charge in [-0.25, -0.2) is 9.97 Å². The molecule has 1 aromatic heterocycles. The predicted molar refractivity (Wildman–Crippen MR) is 64.5 cm³/mol. The zero-order valence-corrected chi connectivity index (χ0v) is 9.96.